The minimum absolute atomic E-state index is 0.0381. The van der Waals surface area contributed by atoms with Gasteiger partial charge in [-0.1, -0.05) is 62.7 Å². The third-order valence-electron chi connectivity index (χ3n) is 6.72. The second-order valence-corrected chi connectivity index (χ2v) is 10.5. The molecule has 1 fully saturated rings. The first-order valence-electron chi connectivity index (χ1n) is 11.8. The van der Waals surface area contributed by atoms with Crippen molar-refractivity contribution in [3.05, 3.63) is 99.1 Å². The lowest BCUT2D eigenvalue weighted by Crippen LogP contribution is -2.30. The number of anilines is 1. The van der Waals surface area contributed by atoms with Crippen LogP contribution in [-0.2, 0) is 15.0 Å². The normalized spacial score (nSPS) is 17.5. The van der Waals surface area contributed by atoms with Crippen LogP contribution in [0, 0.1) is 13.8 Å². The molecule has 3 aromatic carbocycles. The van der Waals surface area contributed by atoms with Crippen LogP contribution in [0.5, 0.6) is 5.75 Å². The van der Waals surface area contributed by atoms with E-state index in [1.807, 2.05) is 38.1 Å². The molecule has 1 saturated heterocycles. The highest BCUT2D eigenvalue weighted by Crippen LogP contribution is 2.44. The van der Waals surface area contributed by atoms with Crippen LogP contribution < -0.4 is 9.64 Å². The van der Waals surface area contributed by atoms with Gasteiger partial charge in [0, 0.05) is 16.3 Å². The molecule has 1 amide bonds. The summed E-state index contributed by atoms with van der Waals surface area (Å²) in [4.78, 5) is 28.4. The SMILES string of the molecule is COc1ccc(/C(O)=C2\C(=O)C(=O)N(c3cccc(Cl)c3C)C2c2ccc(C(C)(C)C)cc2)c(C)c1. The van der Waals surface area contributed by atoms with Gasteiger partial charge in [-0.05, 0) is 71.8 Å². The van der Waals surface area contributed by atoms with Gasteiger partial charge in [0.1, 0.15) is 11.5 Å². The van der Waals surface area contributed by atoms with Gasteiger partial charge >= 0.3 is 0 Å². The fourth-order valence-corrected chi connectivity index (χ4v) is 4.76. The highest BCUT2D eigenvalue weighted by atomic mass is 35.5. The highest BCUT2D eigenvalue weighted by molar-refractivity contribution is 6.52. The Morgan fingerprint density at radius 1 is 1.00 bits per heavy atom. The number of halogens is 1. The van der Waals surface area contributed by atoms with Crippen molar-refractivity contribution in [3.63, 3.8) is 0 Å². The summed E-state index contributed by atoms with van der Waals surface area (Å²) in [5.74, 6) is -1.04. The summed E-state index contributed by atoms with van der Waals surface area (Å²) in [6.07, 6.45) is 0. The van der Waals surface area contributed by atoms with Gasteiger partial charge in [0.15, 0.2) is 0 Å². The minimum atomic E-state index is -0.822. The zero-order valence-electron chi connectivity index (χ0n) is 21.3. The Bertz CT molecular complexity index is 1380. The van der Waals surface area contributed by atoms with Crippen LogP contribution in [0.3, 0.4) is 0 Å². The molecule has 0 saturated carbocycles. The number of carbonyl (C=O) groups is 2. The number of rotatable bonds is 4. The molecule has 0 radical (unpaired) electrons. The number of carbonyl (C=O) groups excluding carboxylic acids is 2. The quantitative estimate of drug-likeness (QED) is 0.239. The number of hydrogen-bond donors (Lipinski definition) is 1. The molecule has 4 rings (SSSR count). The van der Waals surface area contributed by atoms with Crippen LogP contribution >= 0.6 is 11.6 Å². The van der Waals surface area contributed by atoms with Crippen molar-refractivity contribution < 1.29 is 19.4 Å². The van der Waals surface area contributed by atoms with E-state index in [9.17, 15) is 14.7 Å². The van der Waals surface area contributed by atoms with Gasteiger partial charge < -0.3 is 9.84 Å². The van der Waals surface area contributed by atoms with Crippen molar-refractivity contribution in [1.82, 2.24) is 0 Å². The van der Waals surface area contributed by atoms with E-state index >= 15 is 0 Å². The largest absolute Gasteiger partial charge is 0.507 e. The van der Waals surface area contributed by atoms with Crippen LogP contribution in [-0.4, -0.2) is 23.9 Å². The maximum absolute atomic E-state index is 13.5. The third kappa shape index (κ3) is 4.40. The summed E-state index contributed by atoms with van der Waals surface area (Å²) in [6, 6.07) is 17.4. The van der Waals surface area contributed by atoms with Gasteiger partial charge in [0.2, 0.25) is 0 Å². The van der Waals surface area contributed by atoms with Gasteiger partial charge in [-0.25, -0.2) is 0 Å². The van der Waals surface area contributed by atoms with E-state index < -0.39 is 17.7 Å². The molecular weight excluding hydrogens is 474 g/mol. The number of hydrogen-bond acceptors (Lipinski definition) is 4. The molecule has 1 heterocycles. The topological polar surface area (TPSA) is 66.8 Å². The molecular formula is C30H30ClNO4. The average Bonchev–Trinajstić information content (AvgIpc) is 3.10. The molecule has 1 N–H and O–H groups in total. The molecule has 3 aromatic rings. The van der Waals surface area contributed by atoms with Crippen molar-refractivity contribution in [2.75, 3.05) is 12.0 Å². The first kappa shape index (κ1) is 25.5. The van der Waals surface area contributed by atoms with Gasteiger partial charge in [0.25, 0.3) is 11.7 Å². The van der Waals surface area contributed by atoms with Crippen molar-refractivity contribution in [2.24, 2.45) is 0 Å². The summed E-state index contributed by atoms with van der Waals surface area (Å²) in [5, 5.41) is 12.0. The van der Waals surface area contributed by atoms with E-state index in [0.29, 0.717) is 33.1 Å². The number of amides is 1. The van der Waals surface area contributed by atoms with Crippen LogP contribution in [0.15, 0.2) is 66.2 Å². The number of aryl methyl sites for hydroxylation is 1. The molecule has 0 aliphatic carbocycles. The molecule has 1 aliphatic rings. The second-order valence-electron chi connectivity index (χ2n) is 10.1. The number of aliphatic hydroxyl groups excluding tert-OH is 1. The van der Waals surface area contributed by atoms with E-state index in [0.717, 1.165) is 11.1 Å². The summed E-state index contributed by atoms with van der Waals surface area (Å²) in [6.45, 7) is 9.99. The van der Waals surface area contributed by atoms with Gasteiger partial charge in [-0.2, -0.15) is 0 Å². The molecule has 1 aliphatic heterocycles. The number of ether oxygens (including phenoxy) is 1. The maximum Gasteiger partial charge on any atom is 0.300 e. The molecule has 1 atom stereocenters. The van der Waals surface area contributed by atoms with Crippen molar-refractivity contribution >= 4 is 34.7 Å². The molecule has 186 valence electrons. The molecule has 0 aromatic heterocycles. The lowest BCUT2D eigenvalue weighted by Gasteiger charge is -2.28. The number of methoxy groups -OCH3 is 1. The summed E-state index contributed by atoms with van der Waals surface area (Å²) >= 11 is 6.39. The molecule has 6 heteroatoms. The number of aliphatic hydroxyl groups is 1. The summed E-state index contributed by atoms with van der Waals surface area (Å²) in [5.41, 5.74) is 4.20. The monoisotopic (exact) mass is 503 g/mol. The number of Topliss-reactive ketones (excluding diaryl/α,β-unsaturated/α-hetero) is 1. The Hall–Kier alpha value is -3.57. The Balaban J connectivity index is 1.97. The average molecular weight is 504 g/mol. The molecule has 36 heavy (non-hydrogen) atoms. The molecule has 0 spiro atoms. The zero-order valence-corrected chi connectivity index (χ0v) is 22.1. The Morgan fingerprint density at radius 3 is 2.25 bits per heavy atom. The smallest absolute Gasteiger partial charge is 0.300 e. The van der Waals surface area contributed by atoms with E-state index in [1.165, 1.54) is 4.90 Å². The van der Waals surface area contributed by atoms with Crippen LogP contribution in [0.4, 0.5) is 5.69 Å². The maximum atomic E-state index is 13.5. The zero-order chi connectivity index (χ0) is 26.4. The van der Waals surface area contributed by atoms with Gasteiger partial charge in [0.05, 0.1) is 18.7 Å². The number of ketones is 1. The Kier molecular flexibility index (Phi) is 6.72. The molecule has 1 unspecified atom stereocenters. The van der Waals surface area contributed by atoms with Crippen LogP contribution in [0.2, 0.25) is 5.02 Å². The number of benzene rings is 3. The van der Waals surface area contributed by atoms with Gasteiger partial charge in [-0.15, -0.1) is 0 Å². The van der Waals surface area contributed by atoms with Gasteiger partial charge in [-0.3, -0.25) is 14.5 Å². The molecule has 5 nitrogen and oxygen atoms in total. The fraction of sp³-hybridized carbons (Fsp3) is 0.267. The van der Waals surface area contributed by atoms with E-state index in [1.54, 1.807) is 43.5 Å². The first-order chi connectivity index (χ1) is 17.0. The molecule has 0 bridgehead atoms. The van der Waals surface area contributed by atoms with Crippen LogP contribution in [0.1, 0.15) is 54.6 Å². The highest BCUT2D eigenvalue weighted by Gasteiger charge is 2.47. The Morgan fingerprint density at radius 2 is 1.67 bits per heavy atom. The van der Waals surface area contributed by atoms with Crippen molar-refractivity contribution in [2.45, 2.75) is 46.1 Å². The van der Waals surface area contributed by atoms with E-state index in [4.69, 9.17) is 16.3 Å². The van der Waals surface area contributed by atoms with Crippen LogP contribution in [0.25, 0.3) is 5.76 Å². The predicted octanol–water partition coefficient (Wildman–Crippen LogP) is 6.89. The third-order valence-corrected chi connectivity index (χ3v) is 7.13. The minimum Gasteiger partial charge on any atom is -0.507 e. The fourth-order valence-electron chi connectivity index (χ4n) is 4.59. The summed E-state index contributed by atoms with van der Waals surface area (Å²) in [7, 11) is 1.56. The van der Waals surface area contributed by atoms with E-state index in [2.05, 4.69) is 20.8 Å². The lowest BCUT2D eigenvalue weighted by atomic mass is 9.85. The Labute approximate surface area is 217 Å². The summed E-state index contributed by atoms with van der Waals surface area (Å²) < 4.78 is 5.28. The predicted molar refractivity (Wildman–Crippen MR) is 144 cm³/mol. The van der Waals surface area contributed by atoms with E-state index in [-0.39, 0.29) is 16.7 Å². The standard InChI is InChI=1S/C30H30ClNO4/c1-17-16-21(36-6)14-15-22(17)27(33)25-26(19-10-12-20(13-11-19)30(3,4)5)32(29(35)28(25)34)24-9-7-8-23(31)18(24)2/h7-16,26,33H,1-6H3/b27-25+. The number of nitrogens with zero attached hydrogens (tertiary/aromatic N) is 1. The second kappa shape index (κ2) is 9.47. The lowest BCUT2D eigenvalue weighted by molar-refractivity contribution is -0.132. The first-order valence-corrected chi connectivity index (χ1v) is 12.1. The van der Waals surface area contributed by atoms with Crippen molar-refractivity contribution in [1.29, 1.82) is 0 Å². The van der Waals surface area contributed by atoms with Crippen molar-refractivity contribution in [3.8, 4) is 5.75 Å².